The van der Waals surface area contributed by atoms with Crippen molar-refractivity contribution in [2.45, 2.75) is 38.4 Å². The number of anilines is 1. The van der Waals surface area contributed by atoms with Gasteiger partial charge in [0.2, 0.25) is 0 Å². The number of halogens is 3. The number of rotatable bonds is 4. The predicted octanol–water partition coefficient (Wildman–Crippen LogP) is 3.51. The lowest BCUT2D eigenvalue weighted by atomic mass is 10.0. The van der Waals surface area contributed by atoms with Crippen LogP contribution in [0.2, 0.25) is 0 Å². The molecule has 0 amide bonds. The normalized spacial score (nSPS) is 17.9. The van der Waals surface area contributed by atoms with Gasteiger partial charge in [-0.05, 0) is 38.3 Å². The minimum absolute atomic E-state index is 0.103. The molecule has 0 aromatic carbocycles. The van der Waals surface area contributed by atoms with Gasteiger partial charge in [-0.25, -0.2) is 15.0 Å². The Hall–Kier alpha value is -2.91. The Morgan fingerprint density at radius 3 is 2.96 bits per heavy atom. The first kappa shape index (κ1) is 18.5. The van der Waals surface area contributed by atoms with Crippen LogP contribution >= 0.6 is 0 Å². The van der Waals surface area contributed by atoms with Crippen molar-refractivity contribution >= 4 is 17.0 Å². The molecule has 1 aliphatic rings. The van der Waals surface area contributed by atoms with Crippen LogP contribution in [0.5, 0.6) is 5.75 Å². The number of hydrogen-bond acceptors (Lipinski definition) is 6. The standard InChI is InChI=1S/C18H19F3N6O/c1-11-15-17(26-25-11)23-9-14(24-15)27-8-3-2-5-12(27)10-28-13-6-4-7-22-16(13)18(19,20)21/h4,6-7,9,12H,2-3,5,8,10H2,1H3,(H,23,25,26). The lowest BCUT2D eigenvalue weighted by Crippen LogP contribution is -2.44. The van der Waals surface area contributed by atoms with E-state index in [4.69, 9.17) is 4.74 Å². The molecule has 1 N–H and O–H groups in total. The molecule has 1 aliphatic heterocycles. The van der Waals surface area contributed by atoms with Crippen molar-refractivity contribution in [3.05, 3.63) is 35.9 Å². The van der Waals surface area contributed by atoms with Crippen LogP contribution in [0.15, 0.2) is 24.5 Å². The number of pyridine rings is 1. The number of alkyl halides is 3. The fourth-order valence-corrected chi connectivity index (χ4v) is 3.42. The lowest BCUT2D eigenvalue weighted by molar-refractivity contribution is -0.142. The number of nitrogens with zero attached hydrogens (tertiary/aromatic N) is 5. The van der Waals surface area contributed by atoms with Crippen molar-refractivity contribution in [2.75, 3.05) is 18.1 Å². The van der Waals surface area contributed by atoms with Crippen molar-refractivity contribution in [3.63, 3.8) is 0 Å². The summed E-state index contributed by atoms with van der Waals surface area (Å²) in [7, 11) is 0. The predicted molar refractivity (Wildman–Crippen MR) is 96.1 cm³/mol. The van der Waals surface area contributed by atoms with Gasteiger partial charge in [-0.3, -0.25) is 5.10 Å². The molecule has 0 bridgehead atoms. The third-order valence-electron chi connectivity index (χ3n) is 4.82. The highest BCUT2D eigenvalue weighted by molar-refractivity contribution is 5.74. The first-order chi connectivity index (χ1) is 13.4. The monoisotopic (exact) mass is 392 g/mol. The van der Waals surface area contributed by atoms with Crippen molar-refractivity contribution in [1.82, 2.24) is 25.1 Å². The molecule has 4 rings (SSSR count). The number of nitrogens with one attached hydrogen (secondary N) is 1. The fourth-order valence-electron chi connectivity index (χ4n) is 3.42. The lowest BCUT2D eigenvalue weighted by Gasteiger charge is -2.36. The Kier molecular flexibility index (Phi) is 4.78. The number of hydrogen-bond donors (Lipinski definition) is 1. The van der Waals surface area contributed by atoms with E-state index in [-0.39, 0.29) is 18.4 Å². The van der Waals surface area contributed by atoms with Crippen molar-refractivity contribution in [2.24, 2.45) is 0 Å². The zero-order chi connectivity index (χ0) is 19.7. The van der Waals surface area contributed by atoms with Crippen LogP contribution in [-0.4, -0.2) is 44.3 Å². The molecule has 4 heterocycles. The minimum Gasteiger partial charge on any atom is -0.489 e. The molecule has 148 valence electrons. The van der Waals surface area contributed by atoms with Gasteiger partial charge in [0.25, 0.3) is 0 Å². The SMILES string of the molecule is Cc1[nH]nc2ncc(N3CCCCC3COc3cccnc3C(F)(F)F)nc12. The molecule has 10 heteroatoms. The van der Waals surface area contributed by atoms with Crippen LogP contribution in [0.3, 0.4) is 0 Å². The smallest absolute Gasteiger partial charge is 0.437 e. The van der Waals surface area contributed by atoms with Gasteiger partial charge in [-0.15, -0.1) is 0 Å². The summed E-state index contributed by atoms with van der Waals surface area (Å²) >= 11 is 0. The topological polar surface area (TPSA) is 79.8 Å². The Morgan fingerprint density at radius 2 is 2.14 bits per heavy atom. The van der Waals surface area contributed by atoms with Crippen molar-refractivity contribution in [1.29, 1.82) is 0 Å². The minimum atomic E-state index is -4.56. The van der Waals surface area contributed by atoms with Crippen LogP contribution in [0.25, 0.3) is 11.2 Å². The molecule has 3 aromatic heterocycles. The van der Waals surface area contributed by atoms with Gasteiger partial charge in [-0.2, -0.15) is 18.3 Å². The molecule has 0 aliphatic carbocycles. The molecule has 0 radical (unpaired) electrons. The van der Waals surface area contributed by atoms with Gasteiger partial charge in [-0.1, -0.05) is 0 Å². The molecule has 1 saturated heterocycles. The maximum absolute atomic E-state index is 13.1. The van der Waals surface area contributed by atoms with E-state index in [1.807, 2.05) is 11.8 Å². The van der Waals surface area contributed by atoms with Gasteiger partial charge in [0.1, 0.15) is 23.7 Å². The molecule has 1 fully saturated rings. The molecule has 0 saturated carbocycles. The van der Waals surface area contributed by atoms with Gasteiger partial charge in [0, 0.05) is 12.7 Å². The van der Waals surface area contributed by atoms with E-state index in [9.17, 15) is 13.2 Å². The number of H-pyrrole nitrogens is 1. The third kappa shape index (κ3) is 3.58. The highest BCUT2D eigenvalue weighted by Crippen LogP contribution is 2.34. The molecular formula is C18H19F3N6O. The molecule has 7 nitrogen and oxygen atoms in total. The van der Waals surface area contributed by atoms with Crippen LogP contribution in [0, 0.1) is 6.92 Å². The zero-order valence-electron chi connectivity index (χ0n) is 15.2. The maximum Gasteiger partial charge on any atom is 0.437 e. The van der Waals surface area contributed by atoms with Crippen molar-refractivity contribution < 1.29 is 17.9 Å². The number of ether oxygens (including phenoxy) is 1. The number of aromatic amines is 1. The number of aromatic nitrogens is 5. The molecular weight excluding hydrogens is 373 g/mol. The highest BCUT2D eigenvalue weighted by Gasteiger charge is 2.36. The van der Waals surface area contributed by atoms with E-state index in [1.54, 1.807) is 6.20 Å². The quantitative estimate of drug-likeness (QED) is 0.732. The summed E-state index contributed by atoms with van der Waals surface area (Å²) in [6.45, 7) is 2.72. The van der Waals surface area contributed by atoms with Crippen LogP contribution in [0.1, 0.15) is 30.7 Å². The summed E-state index contributed by atoms with van der Waals surface area (Å²) in [6, 6.07) is 2.63. The summed E-state index contributed by atoms with van der Waals surface area (Å²) in [5.41, 5.74) is 1.04. The van der Waals surface area contributed by atoms with Crippen LogP contribution in [-0.2, 0) is 6.18 Å². The first-order valence-electron chi connectivity index (χ1n) is 9.03. The molecule has 1 unspecified atom stereocenters. The van der Waals surface area contributed by atoms with E-state index < -0.39 is 11.9 Å². The van der Waals surface area contributed by atoms with Crippen LogP contribution < -0.4 is 9.64 Å². The summed E-state index contributed by atoms with van der Waals surface area (Å²) in [4.78, 5) is 14.5. The molecule has 1 atom stereocenters. The van der Waals surface area contributed by atoms with E-state index in [2.05, 4.69) is 25.1 Å². The largest absolute Gasteiger partial charge is 0.489 e. The highest BCUT2D eigenvalue weighted by atomic mass is 19.4. The van der Waals surface area contributed by atoms with Gasteiger partial charge < -0.3 is 9.64 Å². The fraction of sp³-hybridized carbons (Fsp3) is 0.444. The summed E-state index contributed by atoms with van der Waals surface area (Å²) in [5, 5.41) is 6.93. The van der Waals surface area contributed by atoms with E-state index in [0.717, 1.165) is 37.7 Å². The summed E-state index contributed by atoms with van der Waals surface area (Å²) in [6.07, 6.45) is 0.946. The average Bonchev–Trinajstić information content (AvgIpc) is 3.06. The third-order valence-corrected chi connectivity index (χ3v) is 4.82. The van der Waals surface area contributed by atoms with E-state index >= 15 is 0 Å². The maximum atomic E-state index is 13.1. The summed E-state index contributed by atoms with van der Waals surface area (Å²) < 4.78 is 45.0. The Labute approximate surface area is 159 Å². The van der Waals surface area contributed by atoms with E-state index in [1.165, 1.54) is 12.1 Å². The van der Waals surface area contributed by atoms with Gasteiger partial charge in [0.05, 0.1) is 17.9 Å². The summed E-state index contributed by atoms with van der Waals surface area (Å²) in [5.74, 6) is 0.417. The molecule has 28 heavy (non-hydrogen) atoms. The Balaban J connectivity index is 1.55. The number of fused-ring (bicyclic) bond motifs is 1. The average molecular weight is 392 g/mol. The second-order valence-electron chi connectivity index (χ2n) is 6.75. The zero-order valence-corrected chi connectivity index (χ0v) is 15.2. The Morgan fingerprint density at radius 1 is 1.29 bits per heavy atom. The van der Waals surface area contributed by atoms with Crippen molar-refractivity contribution in [3.8, 4) is 5.75 Å². The number of piperidine rings is 1. The van der Waals surface area contributed by atoms with Crippen LogP contribution in [0.4, 0.5) is 19.0 Å². The van der Waals surface area contributed by atoms with Gasteiger partial charge >= 0.3 is 6.18 Å². The Bertz CT molecular complexity index is 973. The second-order valence-corrected chi connectivity index (χ2v) is 6.75. The molecule has 0 spiro atoms. The van der Waals surface area contributed by atoms with Gasteiger partial charge in [0.15, 0.2) is 11.3 Å². The van der Waals surface area contributed by atoms with E-state index in [0.29, 0.717) is 17.0 Å². The number of aryl methyl sites for hydroxylation is 1. The molecule has 3 aromatic rings. The first-order valence-corrected chi connectivity index (χ1v) is 9.03. The second kappa shape index (κ2) is 7.25.